The lowest BCUT2D eigenvalue weighted by atomic mass is 9.77. The quantitative estimate of drug-likeness (QED) is 0.420. The van der Waals surface area contributed by atoms with Crippen molar-refractivity contribution in [2.75, 3.05) is 13.7 Å². The lowest BCUT2D eigenvalue weighted by Gasteiger charge is -2.36. The molecule has 5 nitrogen and oxygen atoms in total. The predicted molar refractivity (Wildman–Crippen MR) is 112 cm³/mol. The maximum Gasteiger partial charge on any atom is 0.340 e. The summed E-state index contributed by atoms with van der Waals surface area (Å²) in [7, 11) is 1.61. The van der Waals surface area contributed by atoms with E-state index in [-0.39, 0.29) is 5.97 Å². The van der Waals surface area contributed by atoms with Crippen LogP contribution in [0.25, 0.3) is 0 Å². The minimum atomic E-state index is -1.06. The van der Waals surface area contributed by atoms with E-state index in [1.807, 2.05) is 54.6 Å². The predicted octanol–water partition coefficient (Wildman–Crippen LogP) is 5.44. The first kappa shape index (κ1) is 18.6. The fraction of sp³-hybridized carbons (Fsp3) is 0.240. The molecule has 0 aromatic heterocycles. The number of carbonyl (C=O) groups excluding carboxylic acids is 1. The molecule has 0 radical (unpaired) electrons. The third-order valence-electron chi connectivity index (χ3n) is 5.66. The second-order valence-electron chi connectivity index (χ2n) is 7.44. The molecule has 152 valence electrons. The molecule has 0 saturated heterocycles. The minimum absolute atomic E-state index is 0.344. The van der Waals surface area contributed by atoms with Gasteiger partial charge >= 0.3 is 5.97 Å². The Kier molecular flexibility index (Phi) is 4.39. The second-order valence-corrected chi connectivity index (χ2v) is 7.44. The Morgan fingerprint density at radius 2 is 1.60 bits per heavy atom. The fourth-order valence-corrected chi connectivity index (χ4v) is 4.19. The molecule has 0 bridgehead atoms. The van der Waals surface area contributed by atoms with Crippen molar-refractivity contribution in [2.45, 2.75) is 25.4 Å². The zero-order valence-corrected chi connectivity index (χ0v) is 16.9. The number of benzene rings is 3. The summed E-state index contributed by atoms with van der Waals surface area (Å²) >= 11 is 0. The van der Waals surface area contributed by atoms with Gasteiger partial charge in [-0.25, -0.2) is 4.79 Å². The van der Waals surface area contributed by atoms with Crippen LogP contribution < -0.4 is 14.2 Å². The third kappa shape index (κ3) is 2.65. The Bertz CT molecular complexity index is 1140. The van der Waals surface area contributed by atoms with E-state index >= 15 is 0 Å². The number of unbranched alkanes of at least 4 members (excludes halogenated alkanes) is 1. The van der Waals surface area contributed by atoms with Crippen molar-refractivity contribution in [2.24, 2.45) is 0 Å². The van der Waals surface area contributed by atoms with Crippen molar-refractivity contribution in [1.29, 1.82) is 0 Å². The highest BCUT2D eigenvalue weighted by Crippen LogP contribution is 2.56. The van der Waals surface area contributed by atoms with Gasteiger partial charge in [0.25, 0.3) is 0 Å². The van der Waals surface area contributed by atoms with Crippen LogP contribution in [0.15, 0.2) is 60.7 Å². The number of carbonyl (C=O) groups is 1. The second kappa shape index (κ2) is 7.10. The Morgan fingerprint density at radius 3 is 2.33 bits per heavy atom. The van der Waals surface area contributed by atoms with E-state index in [1.54, 1.807) is 13.2 Å². The van der Waals surface area contributed by atoms with E-state index in [2.05, 4.69) is 6.92 Å². The summed E-state index contributed by atoms with van der Waals surface area (Å²) in [5, 5.41) is 0. The van der Waals surface area contributed by atoms with Gasteiger partial charge in [0.15, 0.2) is 5.60 Å². The van der Waals surface area contributed by atoms with Gasteiger partial charge in [-0.05, 0) is 36.8 Å². The fourth-order valence-electron chi connectivity index (χ4n) is 4.19. The number of hydrogen-bond acceptors (Lipinski definition) is 5. The molecule has 1 spiro atoms. The van der Waals surface area contributed by atoms with Gasteiger partial charge in [-0.15, -0.1) is 0 Å². The topological polar surface area (TPSA) is 54.0 Å². The smallest absolute Gasteiger partial charge is 0.340 e. The standard InChI is InChI=1S/C25H22O5/c1-3-4-13-28-17-10-12-21-23(15-17)29-22-14-16(27-2)9-11-20(22)25(21)19-8-6-5-7-18(19)24(26)30-25/h5-12,14-15H,3-4,13H2,1-2H3. The van der Waals surface area contributed by atoms with Crippen LogP contribution in [0, 0.1) is 0 Å². The molecule has 0 saturated carbocycles. The molecular formula is C25H22O5. The van der Waals surface area contributed by atoms with E-state index in [4.69, 9.17) is 18.9 Å². The lowest BCUT2D eigenvalue weighted by Crippen LogP contribution is -2.33. The maximum atomic E-state index is 12.8. The molecular weight excluding hydrogens is 380 g/mol. The van der Waals surface area contributed by atoms with E-state index in [0.29, 0.717) is 29.4 Å². The van der Waals surface area contributed by atoms with Gasteiger partial charge < -0.3 is 18.9 Å². The van der Waals surface area contributed by atoms with Crippen molar-refractivity contribution in [3.63, 3.8) is 0 Å². The molecule has 3 aromatic carbocycles. The van der Waals surface area contributed by atoms with Gasteiger partial charge in [0.1, 0.15) is 23.0 Å². The molecule has 30 heavy (non-hydrogen) atoms. The van der Waals surface area contributed by atoms with Gasteiger partial charge in [0.05, 0.1) is 19.3 Å². The summed E-state index contributed by atoms with van der Waals surface area (Å²) in [6.45, 7) is 2.77. The average Bonchev–Trinajstić information content (AvgIpc) is 3.07. The molecule has 5 heteroatoms. The van der Waals surface area contributed by atoms with Gasteiger partial charge in [-0.3, -0.25) is 0 Å². The average molecular weight is 402 g/mol. The minimum Gasteiger partial charge on any atom is -0.497 e. The van der Waals surface area contributed by atoms with E-state index in [0.717, 1.165) is 35.3 Å². The summed E-state index contributed by atoms with van der Waals surface area (Å²) in [4.78, 5) is 12.8. The number of hydrogen-bond donors (Lipinski definition) is 0. The van der Waals surface area contributed by atoms with Gasteiger partial charge in [-0.2, -0.15) is 0 Å². The molecule has 5 rings (SSSR count). The molecule has 0 fully saturated rings. The SMILES string of the molecule is CCCCOc1ccc2c(c1)Oc1cc(OC)ccc1C21OC(=O)c2ccccc21. The van der Waals surface area contributed by atoms with Crippen LogP contribution in [-0.4, -0.2) is 19.7 Å². The van der Waals surface area contributed by atoms with E-state index in [9.17, 15) is 4.79 Å². The van der Waals surface area contributed by atoms with Crippen LogP contribution in [0.5, 0.6) is 23.0 Å². The number of ether oxygens (including phenoxy) is 4. The van der Waals surface area contributed by atoms with Gasteiger partial charge in [-0.1, -0.05) is 31.5 Å². The van der Waals surface area contributed by atoms with E-state index in [1.165, 1.54) is 0 Å². The Balaban J connectivity index is 1.71. The number of esters is 1. The Morgan fingerprint density at radius 1 is 0.900 bits per heavy atom. The third-order valence-corrected chi connectivity index (χ3v) is 5.66. The van der Waals surface area contributed by atoms with Crippen LogP contribution in [0.2, 0.25) is 0 Å². The van der Waals surface area contributed by atoms with Crippen LogP contribution in [0.4, 0.5) is 0 Å². The molecule has 1 unspecified atom stereocenters. The summed E-state index contributed by atoms with van der Waals surface area (Å²) < 4.78 is 23.6. The Hall–Kier alpha value is -3.47. The first-order chi connectivity index (χ1) is 14.7. The highest BCUT2D eigenvalue weighted by Gasteiger charge is 2.53. The highest BCUT2D eigenvalue weighted by molar-refractivity contribution is 5.97. The molecule has 2 heterocycles. The van der Waals surface area contributed by atoms with Crippen molar-refractivity contribution in [3.05, 3.63) is 82.9 Å². The molecule has 2 aliphatic heterocycles. The summed E-state index contributed by atoms with van der Waals surface area (Å²) in [5.74, 6) is 2.25. The summed E-state index contributed by atoms with van der Waals surface area (Å²) in [6.07, 6.45) is 2.04. The molecule has 2 aliphatic rings. The van der Waals surface area contributed by atoms with Crippen molar-refractivity contribution in [1.82, 2.24) is 0 Å². The maximum absolute atomic E-state index is 12.8. The first-order valence-electron chi connectivity index (χ1n) is 10.1. The zero-order valence-electron chi connectivity index (χ0n) is 16.9. The van der Waals surface area contributed by atoms with Crippen LogP contribution in [0.1, 0.15) is 46.8 Å². The number of methoxy groups -OCH3 is 1. The number of rotatable bonds is 5. The zero-order chi connectivity index (χ0) is 20.7. The monoisotopic (exact) mass is 402 g/mol. The highest BCUT2D eigenvalue weighted by atomic mass is 16.6. The molecule has 1 atom stereocenters. The molecule has 0 amide bonds. The van der Waals surface area contributed by atoms with Crippen LogP contribution in [-0.2, 0) is 10.3 Å². The molecule has 0 aliphatic carbocycles. The van der Waals surface area contributed by atoms with Crippen LogP contribution >= 0.6 is 0 Å². The largest absolute Gasteiger partial charge is 0.497 e. The van der Waals surface area contributed by atoms with Crippen molar-refractivity contribution >= 4 is 5.97 Å². The summed E-state index contributed by atoms with van der Waals surface area (Å²) in [6, 6.07) is 18.8. The van der Waals surface area contributed by atoms with Gasteiger partial charge in [0.2, 0.25) is 0 Å². The number of fused-ring (bicyclic) bond motifs is 6. The molecule has 3 aromatic rings. The van der Waals surface area contributed by atoms with E-state index < -0.39 is 5.60 Å². The Labute approximate surface area is 175 Å². The lowest BCUT2D eigenvalue weighted by molar-refractivity contribution is 0.0224. The van der Waals surface area contributed by atoms with Gasteiger partial charge in [0, 0.05) is 28.8 Å². The summed E-state index contributed by atoms with van der Waals surface area (Å²) in [5.41, 5.74) is 1.86. The normalized spacial score (nSPS) is 18.1. The van der Waals surface area contributed by atoms with Crippen molar-refractivity contribution in [3.8, 4) is 23.0 Å². The first-order valence-corrected chi connectivity index (χ1v) is 10.1. The van der Waals surface area contributed by atoms with Crippen molar-refractivity contribution < 1.29 is 23.7 Å². The molecule has 0 N–H and O–H groups in total. The van der Waals surface area contributed by atoms with Crippen LogP contribution in [0.3, 0.4) is 0 Å².